The number of aliphatic hydroxyl groups excluding tert-OH is 1. The lowest BCUT2D eigenvalue weighted by atomic mass is 10.1. The molecule has 0 aromatic heterocycles. The molecule has 0 bridgehead atoms. The van der Waals surface area contributed by atoms with Crippen LogP contribution in [0.2, 0.25) is 0 Å². The van der Waals surface area contributed by atoms with Gasteiger partial charge >= 0.3 is 0 Å². The normalized spacial score (nSPS) is 10.2. The van der Waals surface area contributed by atoms with E-state index in [-0.39, 0.29) is 12.5 Å². The highest BCUT2D eigenvalue weighted by Gasteiger charge is 2.09. The van der Waals surface area contributed by atoms with E-state index < -0.39 is 0 Å². The Morgan fingerprint density at radius 2 is 2.17 bits per heavy atom. The van der Waals surface area contributed by atoms with Crippen molar-refractivity contribution in [2.45, 2.75) is 26.3 Å². The number of amides is 1. The van der Waals surface area contributed by atoms with Crippen LogP contribution in [0.15, 0.2) is 18.2 Å². The van der Waals surface area contributed by atoms with Crippen LogP contribution in [0.3, 0.4) is 0 Å². The van der Waals surface area contributed by atoms with Crippen LogP contribution in [0.25, 0.3) is 0 Å². The number of methoxy groups -OCH3 is 1. The molecule has 1 amide bonds. The van der Waals surface area contributed by atoms with Gasteiger partial charge in [-0.25, -0.2) is 0 Å². The van der Waals surface area contributed by atoms with Gasteiger partial charge in [-0.3, -0.25) is 4.79 Å². The molecule has 0 saturated carbocycles. The number of carbonyl (C=O) groups is 1. The van der Waals surface area contributed by atoms with Gasteiger partial charge in [-0.15, -0.1) is 0 Å². The van der Waals surface area contributed by atoms with Crippen LogP contribution in [0, 0.1) is 6.92 Å². The molecule has 0 spiro atoms. The van der Waals surface area contributed by atoms with Gasteiger partial charge in [0.25, 0.3) is 0 Å². The SMILES string of the molecule is COc1ccc(CN(C)C(=O)CCCO)cc1C. The maximum atomic E-state index is 11.7. The predicted molar refractivity (Wildman–Crippen MR) is 70.5 cm³/mol. The Labute approximate surface area is 108 Å². The van der Waals surface area contributed by atoms with Crippen LogP contribution < -0.4 is 4.74 Å². The zero-order valence-electron chi connectivity index (χ0n) is 11.3. The molecule has 1 aromatic rings. The standard InChI is InChI=1S/C14H21NO3/c1-11-9-12(6-7-13(11)18-3)10-15(2)14(17)5-4-8-16/h6-7,9,16H,4-5,8,10H2,1-3H3. The molecule has 0 aliphatic heterocycles. The van der Waals surface area contributed by atoms with E-state index in [9.17, 15) is 4.79 Å². The molecule has 0 aliphatic carbocycles. The highest BCUT2D eigenvalue weighted by Crippen LogP contribution is 2.19. The monoisotopic (exact) mass is 251 g/mol. The second-order valence-corrected chi connectivity index (χ2v) is 4.38. The van der Waals surface area contributed by atoms with Crippen molar-refractivity contribution in [2.75, 3.05) is 20.8 Å². The van der Waals surface area contributed by atoms with Crippen LogP contribution in [0.4, 0.5) is 0 Å². The highest BCUT2D eigenvalue weighted by molar-refractivity contribution is 5.75. The third-order valence-corrected chi connectivity index (χ3v) is 2.85. The first kappa shape index (κ1) is 14.5. The van der Waals surface area contributed by atoms with Crippen LogP contribution in [0.1, 0.15) is 24.0 Å². The summed E-state index contributed by atoms with van der Waals surface area (Å²) in [5.74, 6) is 0.908. The second kappa shape index (κ2) is 7.01. The van der Waals surface area contributed by atoms with Gasteiger partial charge in [-0.1, -0.05) is 12.1 Å². The first-order valence-corrected chi connectivity index (χ1v) is 6.06. The number of aryl methyl sites for hydroxylation is 1. The van der Waals surface area contributed by atoms with Gasteiger partial charge in [-0.2, -0.15) is 0 Å². The Hall–Kier alpha value is -1.55. The molecule has 1 aromatic carbocycles. The smallest absolute Gasteiger partial charge is 0.222 e. The van der Waals surface area contributed by atoms with Crippen molar-refractivity contribution in [3.63, 3.8) is 0 Å². The first-order chi connectivity index (χ1) is 8.58. The number of nitrogens with zero attached hydrogens (tertiary/aromatic N) is 1. The van der Waals surface area contributed by atoms with Gasteiger partial charge in [0, 0.05) is 26.6 Å². The number of hydrogen-bond acceptors (Lipinski definition) is 3. The van der Waals surface area contributed by atoms with Crippen molar-refractivity contribution in [1.82, 2.24) is 4.90 Å². The molecule has 0 radical (unpaired) electrons. The Kier molecular flexibility index (Phi) is 5.65. The summed E-state index contributed by atoms with van der Waals surface area (Å²) in [7, 11) is 3.42. The number of rotatable bonds is 6. The highest BCUT2D eigenvalue weighted by atomic mass is 16.5. The van der Waals surface area contributed by atoms with Gasteiger partial charge in [0.05, 0.1) is 7.11 Å². The van der Waals surface area contributed by atoms with E-state index in [2.05, 4.69) is 0 Å². The zero-order valence-corrected chi connectivity index (χ0v) is 11.3. The fraction of sp³-hybridized carbons (Fsp3) is 0.500. The molecule has 0 saturated heterocycles. The summed E-state index contributed by atoms with van der Waals surface area (Å²) in [5.41, 5.74) is 2.14. The van der Waals surface area contributed by atoms with Gasteiger partial charge < -0.3 is 14.7 Å². The Bertz CT molecular complexity index is 404. The summed E-state index contributed by atoms with van der Waals surface area (Å²) in [5, 5.41) is 8.70. The predicted octanol–water partition coefficient (Wildman–Crippen LogP) is 1.73. The lowest BCUT2D eigenvalue weighted by molar-refractivity contribution is -0.130. The van der Waals surface area contributed by atoms with Gasteiger partial charge in [0.2, 0.25) is 5.91 Å². The largest absolute Gasteiger partial charge is 0.496 e. The Balaban J connectivity index is 2.61. The first-order valence-electron chi connectivity index (χ1n) is 6.06. The van der Waals surface area contributed by atoms with E-state index >= 15 is 0 Å². The van der Waals surface area contributed by atoms with E-state index in [4.69, 9.17) is 9.84 Å². The zero-order chi connectivity index (χ0) is 13.5. The maximum Gasteiger partial charge on any atom is 0.222 e. The van der Waals surface area contributed by atoms with E-state index in [1.54, 1.807) is 19.1 Å². The van der Waals surface area contributed by atoms with Crippen molar-refractivity contribution in [1.29, 1.82) is 0 Å². The summed E-state index contributed by atoms with van der Waals surface area (Å²) in [6.45, 7) is 2.62. The number of aliphatic hydroxyl groups is 1. The Morgan fingerprint density at radius 1 is 1.44 bits per heavy atom. The Morgan fingerprint density at radius 3 is 2.72 bits per heavy atom. The molecule has 0 heterocycles. The summed E-state index contributed by atoms with van der Waals surface area (Å²) in [4.78, 5) is 13.4. The van der Waals surface area contributed by atoms with E-state index in [1.165, 1.54) is 0 Å². The number of benzene rings is 1. The molecule has 4 nitrogen and oxygen atoms in total. The van der Waals surface area contributed by atoms with E-state index in [0.29, 0.717) is 19.4 Å². The van der Waals surface area contributed by atoms with Crippen LogP contribution in [-0.4, -0.2) is 36.7 Å². The van der Waals surface area contributed by atoms with Crippen molar-refractivity contribution in [3.8, 4) is 5.75 Å². The quantitative estimate of drug-likeness (QED) is 0.837. The molecule has 1 N–H and O–H groups in total. The van der Waals surface area contributed by atoms with Crippen LogP contribution in [-0.2, 0) is 11.3 Å². The molecule has 0 aliphatic rings. The minimum absolute atomic E-state index is 0.0533. The average molecular weight is 251 g/mol. The van der Waals surface area contributed by atoms with Crippen molar-refractivity contribution in [3.05, 3.63) is 29.3 Å². The molecule has 0 atom stereocenters. The fourth-order valence-corrected chi connectivity index (χ4v) is 1.82. The van der Waals surface area contributed by atoms with Crippen LogP contribution >= 0.6 is 0 Å². The van der Waals surface area contributed by atoms with Crippen molar-refractivity contribution < 1.29 is 14.6 Å². The molecular formula is C14H21NO3. The average Bonchev–Trinajstić information content (AvgIpc) is 2.36. The molecular weight excluding hydrogens is 230 g/mol. The summed E-state index contributed by atoms with van der Waals surface area (Å²) >= 11 is 0. The number of ether oxygens (including phenoxy) is 1. The molecule has 100 valence electrons. The number of carbonyl (C=O) groups excluding carboxylic acids is 1. The topological polar surface area (TPSA) is 49.8 Å². The summed E-state index contributed by atoms with van der Waals surface area (Å²) in [6.07, 6.45) is 0.910. The molecule has 18 heavy (non-hydrogen) atoms. The molecule has 1 rings (SSSR count). The minimum atomic E-state index is 0.0533. The van der Waals surface area contributed by atoms with Gasteiger partial charge in [0.1, 0.15) is 5.75 Å². The van der Waals surface area contributed by atoms with E-state index in [1.807, 2.05) is 25.1 Å². The summed E-state index contributed by atoms with van der Waals surface area (Å²) in [6, 6.07) is 5.90. The van der Waals surface area contributed by atoms with Crippen molar-refractivity contribution >= 4 is 5.91 Å². The third-order valence-electron chi connectivity index (χ3n) is 2.85. The molecule has 0 unspecified atom stereocenters. The van der Waals surface area contributed by atoms with Gasteiger partial charge in [0.15, 0.2) is 0 Å². The third kappa shape index (κ3) is 4.04. The number of hydrogen-bond donors (Lipinski definition) is 1. The minimum Gasteiger partial charge on any atom is -0.496 e. The van der Waals surface area contributed by atoms with Crippen molar-refractivity contribution in [2.24, 2.45) is 0 Å². The second-order valence-electron chi connectivity index (χ2n) is 4.38. The van der Waals surface area contributed by atoms with E-state index in [0.717, 1.165) is 16.9 Å². The lowest BCUT2D eigenvalue weighted by Crippen LogP contribution is -2.26. The lowest BCUT2D eigenvalue weighted by Gasteiger charge is -2.18. The molecule has 0 fully saturated rings. The van der Waals surface area contributed by atoms with Gasteiger partial charge in [-0.05, 0) is 30.5 Å². The van der Waals surface area contributed by atoms with Crippen LogP contribution in [0.5, 0.6) is 5.75 Å². The maximum absolute atomic E-state index is 11.7. The summed E-state index contributed by atoms with van der Waals surface area (Å²) < 4.78 is 5.20. The molecule has 4 heteroatoms. The fourth-order valence-electron chi connectivity index (χ4n) is 1.82.